The molecule has 24 heavy (non-hydrogen) atoms. The predicted molar refractivity (Wildman–Crippen MR) is 97.9 cm³/mol. The number of benzene rings is 2. The minimum absolute atomic E-state index is 0.282. The van der Waals surface area contributed by atoms with Gasteiger partial charge >= 0.3 is 0 Å². The van der Waals surface area contributed by atoms with Gasteiger partial charge in [-0.15, -0.1) is 0 Å². The standard InChI is InChI=1S/C21H22N2O/c1-16(23-15-17-11-13-22-14-12-17)18-7-9-19(10-8-18)20-5-3-4-6-21(20)24-2/h3-14,16,23H,15H2,1-2H3. The highest BCUT2D eigenvalue weighted by Crippen LogP contribution is 2.30. The summed E-state index contributed by atoms with van der Waals surface area (Å²) < 4.78 is 5.45. The smallest absolute Gasteiger partial charge is 0.126 e. The van der Waals surface area contributed by atoms with Crippen LogP contribution >= 0.6 is 0 Å². The van der Waals surface area contributed by atoms with E-state index in [0.29, 0.717) is 0 Å². The van der Waals surface area contributed by atoms with E-state index in [1.165, 1.54) is 11.1 Å². The van der Waals surface area contributed by atoms with E-state index in [2.05, 4.69) is 47.6 Å². The summed E-state index contributed by atoms with van der Waals surface area (Å²) in [5.41, 5.74) is 4.78. The molecule has 0 aliphatic heterocycles. The van der Waals surface area contributed by atoms with Crippen LogP contribution in [0.15, 0.2) is 73.1 Å². The van der Waals surface area contributed by atoms with E-state index >= 15 is 0 Å². The van der Waals surface area contributed by atoms with Gasteiger partial charge in [-0.1, -0.05) is 42.5 Å². The zero-order chi connectivity index (χ0) is 16.8. The zero-order valence-electron chi connectivity index (χ0n) is 14.1. The molecule has 0 spiro atoms. The fourth-order valence-electron chi connectivity index (χ4n) is 2.72. The second-order valence-corrected chi connectivity index (χ2v) is 5.78. The Morgan fingerprint density at radius 3 is 2.38 bits per heavy atom. The van der Waals surface area contributed by atoms with Crippen LogP contribution in [0, 0.1) is 0 Å². The number of pyridine rings is 1. The van der Waals surface area contributed by atoms with Crippen molar-refractivity contribution in [1.82, 2.24) is 10.3 Å². The molecule has 0 bridgehead atoms. The highest BCUT2D eigenvalue weighted by Gasteiger charge is 2.08. The number of methoxy groups -OCH3 is 1. The number of ether oxygens (including phenoxy) is 1. The number of nitrogens with zero attached hydrogens (tertiary/aromatic N) is 1. The lowest BCUT2D eigenvalue weighted by Crippen LogP contribution is -2.17. The molecule has 0 fully saturated rings. The Hall–Kier alpha value is -2.65. The van der Waals surface area contributed by atoms with Crippen molar-refractivity contribution in [3.8, 4) is 16.9 Å². The second-order valence-electron chi connectivity index (χ2n) is 5.78. The molecular formula is C21H22N2O. The molecule has 122 valence electrons. The van der Waals surface area contributed by atoms with Gasteiger partial charge < -0.3 is 10.1 Å². The molecular weight excluding hydrogens is 296 g/mol. The van der Waals surface area contributed by atoms with Crippen molar-refractivity contribution in [2.45, 2.75) is 19.5 Å². The lowest BCUT2D eigenvalue weighted by Gasteiger charge is -2.15. The van der Waals surface area contributed by atoms with Gasteiger partial charge in [0.25, 0.3) is 0 Å². The van der Waals surface area contributed by atoms with Crippen LogP contribution in [0.1, 0.15) is 24.1 Å². The van der Waals surface area contributed by atoms with E-state index < -0.39 is 0 Å². The van der Waals surface area contributed by atoms with Crippen LogP contribution in [0.5, 0.6) is 5.75 Å². The Labute approximate surface area is 143 Å². The number of hydrogen-bond acceptors (Lipinski definition) is 3. The minimum Gasteiger partial charge on any atom is -0.496 e. The Kier molecular flexibility index (Phi) is 5.24. The third-order valence-electron chi connectivity index (χ3n) is 4.19. The number of rotatable bonds is 6. The first kappa shape index (κ1) is 16.2. The van der Waals surface area contributed by atoms with Crippen LogP contribution in [0.4, 0.5) is 0 Å². The molecule has 0 saturated carbocycles. The number of aromatic nitrogens is 1. The molecule has 1 aromatic heterocycles. The first-order valence-corrected chi connectivity index (χ1v) is 8.13. The molecule has 3 aromatic rings. The second kappa shape index (κ2) is 7.75. The van der Waals surface area contributed by atoms with Gasteiger partial charge in [-0.25, -0.2) is 0 Å². The molecule has 3 heteroatoms. The van der Waals surface area contributed by atoms with E-state index in [-0.39, 0.29) is 6.04 Å². The van der Waals surface area contributed by atoms with Crippen LogP contribution in [0.25, 0.3) is 11.1 Å². The maximum Gasteiger partial charge on any atom is 0.126 e. The van der Waals surface area contributed by atoms with Gasteiger partial charge in [0.05, 0.1) is 7.11 Å². The SMILES string of the molecule is COc1ccccc1-c1ccc(C(C)NCc2ccncc2)cc1. The quantitative estimate of drug-likeness (QED) is 0.721. The summed E-state index contributed by atoms with van der Waals surface area (Å²) in [4.78, 5) is 4.05. The first-order valence-electron chi connectivity index (χ1n) is 8.13. The molecule has 2 aromatic carbocycles. The third-order valence-corrected chi connectivity index (χ3v) is 4.19. The van der Waals surface area contributed by atoms with Gasteiger partial charge in [0.2, 0.25) is 0 Å². The summed E-state index contributed by atoms with van der Waals surface area (Å²) in [7, 11) is 1.71. The lowest BCUT2D eigenvalue weighted by molar-refractivity contribution is 0.416. The molecule has 1 atom stereocenters. The maximum atomic E-state index is 5.45. The number of para-hydroxylation sites is 1. The maximum absolute atomic E-state index is 5.45. The Morgan fingerprint density at radius 1 is 0.958 bits per heavy atom. The van der Waals surface area contributed by atoms with Gasteiger partial charge in [0.15, 0.2) is 0 Å². The largest absolute Gasteiger partial charge is 0.496 e. The van der Waals surface area contributed by atoms with Crippen LogP contribution in [-0.2, 0) is 6.54 Å². The molecule has 1 N–H and O–H groups in total. The Balaban J connectivity index is 1.70. The summed E-state index contributed by atoms with van der Waals surface area (Å²) in [6.45, 7) is 3.01. The molecule has 0 radical (unpaired) electrons. The van der Waals surface area contributed by atoms with Crippen molar-refractivity contribution >= 4 is 0 Å². The molecule has 1 heterocycles. The fraction of sp³-hybridized carbons (Fsp3) is 0.190. The van der Waals surface area contributed by atoms with Crippen LogP contribution in [0.2, 0.25) is 0 Å². The van der Waals surface area contributed by atoms with E-state index in [4.69, 9.17) is 4.74 Å². The molecule has 1 unspecified atom stereocenters. The highest BCUT2D eigenvalue weighted by molar-refractivity contribution is 5.70. The van der Waals surface area contributed by atoms with Crippen molar-refractivity contribution in [3.63, 3.8) is 0 Å². The topological polar surface area (TPSA) is 34.1 Å². The fourth-order valence-corrected chi connectivity index (χ4v) is 2.72. The first-order chi connectivity index (χ1) is 11.8. The van der Waals surface area contributed by atoms with Crippen LogP contribution in [-0.4, -0.2) is 12.1 Å². The average Bonchev–Trinajstić information content (AvgIpc) is 2.67. The molecule has 0 aliphatic rings. The Morgan fingerprint density at radius 2 is 1.67 bits per heavy atom. The normalized spacial score (nSPS) is 11.9. The van der Waals surface area contributed by atoms with Gasteiger partial charge in [0.1, 0.15) is 5.75 Å². The summed E-state index contributed by atoms with van der Waals surface area (Å²) in [5, 5.41) is 3.54. The minimum atomic E-state index is 0.282. The summed E-state index contributed by atoms with van der Waals surface area (Å²) >= 11 is 0. The number of nitrogens with one attached hydrogen (secondary N) is 1. The average molecular weight is 318 g/mol. The zero-order valence-corrected chi connectivity index (χ0v) is 14.1. The van der Waals surface area contributed by atoms with Crippen LogP contribution in [0.3, 0.4) is 0 Å². The molecule has 3 nitrogen and oxygen atoms in total. The monoisotopic (exact) mass is 318 g/mol. The van der Waals surface area contributed by atoms with Gasteiger partial charge in [-0.3, -0.25) is 4.98 Å². The molecule has 3 rings (SSSR count). The third kappa shape index (κ3) is 3.81. The molecule has 0 aliphatic carbocycles. The van der Waals surface area contributed by atoms with Gasteiger partial charge in [-0.2, -0.15) is 0 Å². The molecule has 0 saturated heterocycles. The van der Waals surface area contributed by atoms with Gasteiger partial charge in [0, 0.05) is 30.5 Å². The van der Waals surface area contributed by atoms with Crippen molar-refractivity contribution in [2.24, 2.45) is 0 Å². The van der Waals surface area contributed by atoms with Crippen LogP contribution < -0.4 is 10.1 Å². The lowest BCUT2D eigenvalue weighted by atomic mass is 10.0. The highest BCUT2D eigenvalue weighted by atomic mass is 16.5. The number of hydrogen-bond donors (Lipinski definition) is 1. The van der Waals surface area contributed by atoms with Gasteiger partial charge in [-0.05, 0) is 41.8 Å². The van der Waals surface area contributed by atoms with E-state index in [1.54, 1.807) is 7.11 Å². The molecule has 0 amide bonds. The van der Waals surface area contributed by atoms with E-state index in [1.807, 2.05) is 42.7 Å². The van der Waals surface area contributed by atoms with Crippen molar-refractivity contribution in [3.05, 3.63) is 84.2 Å². The van der Waals surface area contributed by atoms with E-state index in [9.17, 15) is 0 Å². The summed E-state index contributed by atoms with van der Waals surface area (Å²) in [6, 6.07) is 21.1. The summed E-state index contributed by atoms with van der Waals surface area (Å²) in [6.07, 6.45) is 3.65. The predicted octanol–water partition coefficient (Wildman–Crippen LogP) is 4.61. The van der Waals surface area contributed by atoms with Crippen molar-refractivity contribution in [1.29, 1.82) is 0 Å². The van der Waals surface area contributed by atoms with Crippen molar-refractivity contribution < 1.29 is 4.74 Å². The Bertz CT molecular complexity index is 769. The van der Waals surface area contributed by atoms with E-state index in [0.717, 1.165) is 23.4 Å². The van der Waals surface area contributed by atoms with Crippen molar-refractivity contribution in [2.75, 3.05) is 7.11 Å². The summed E-state index contributed by atoms with van der Waals surface area (Å²) in [5.74, 6) is 0.897.